The van der Waals surface area contributed by atoms with Crippen LogP contribution in [-0.2, 0) is 0 Å². The molecule has 2 rings (SSSR count). The van der Waals surface area contributed by atoms with Crippen molar-refractivity contribution in [3.8, 4) is 0 Å². The molecule has 0 bridgehead atoms. The quantitative estimate of drug-likeness (QED) is 0.717. The van der Waals surface area contributed by atoms with Gasteiger partial charge in [-0.05, 0) is 40.3 Å². The average Bonchev–Trinajstić information content (AvgIpc) is 2.50. The van der Waals surface area contributed by atoms with Gasteiger partial charge in [0.2, 0.25) is 0 Å². The molecule has 2 aromatic carbocycles. The Kier molecular flexibility index (Phi) is 5.57. The fourth-order valence-electron chi connectivity index (χ4n) is 2.69. The van der Waals surface area contributed by atoms with E-state index in [4.69, 9.17) is 5.73 Å². The summed E-state index contributed by atoms with van der Waals surface area (Å²) in [4.78, 5) is 0. The fraction of sp³-hybridized carbons (Fsp3) is 0.273. The zero-order valence-corrected chi connectivity index (χ0v) is 14.6. The molecule has 0 atom stereocenters. The van der Waals surface area contributed by atoms with Crippen molar-refractivity contribution < 1.29 is 0 Å². The molecule has 0 aliphatic heterocycles. The van der Waals surface area contributed by atoms with Crippen LogP contribution in [0.3, 0.4) is 0 Å². The summed E-state index contributed by atoms with van der Waals surface area (Å²) < 4.78 is 0. The van der Waals surface area contributed by atoms with Gasteiger partial charge in [-0.3, -0.25) is 0 Å². The molecule has 0 amide bonds. The molecule has 0 aliphatic carbocycles. The molecule has 0 spiro atoms. The molecule has 1 nitrogen and oxygen atoms in total. The third kappa shape index (κ3) is 4.67. The highest BCUT2D eigenvalue weighted by Gasteiger charge is 2.18. The van der Waals surface area contributed by atoms with Gasteiger partial charge in [-0.1, -0.05) is 87.0 Å². The summed E-state index contributed by atoms with van der Waals surface area (Å²) in [5, 5.41) is 2.56. The van der Waals surface area contributed by atoms with Crippen molar-refractivity contribution in [2.75, 3.05) is 6.54 Å². The summed E-state index contributed by atoms with van der Waals surface area (Å²) in [6.45, 7) is 9.42. The van der Waals surface area contributed by atoms with E-state index in [-0.39, 0.29) is 5.41 Å². The van der Waals surface area contributed by atoms with Crippen LogP contribution in [0.5, 0.6) is 0 Å². The summed E-state index contributed by atoms with van der Waals surface area (Å²) >= 11 is 0. The third-order valence-corrected chi connectivity index (χ3v) is 3.93. The second kappa shape index (κ2) is 7.43. The first-order valence-corrected chi connectivity index (χ1v) is 8.16. The number of hydrogen-bond acceptors (Lipinski definition) is 1. The van der Waals surface area contributed by atoms with Crippen molar-refractivity contribution in [2.45, 2.75) is 27.7 Å². The van der Waals surface area contributed by atoms with Crippen molar-refractivity contribution in [3.05, 3.63) is 77.9 Å². The van der Waals surface area contributed by atoms with Gasteiger partial charge in [-0.2, -0.15) is 0 Å². The van der Waals surface area contributed by atoms with Gasteiger partial charge in [0.1, 0.15) is 0 Å². The maximum Gasteiger partial charge on any atom is 0.0112 e. The van der Waals surface area contributed by atoms with Crippen LogP contribution in [0, 0.1) is 5.41 Å². The standard InChI is InChI=1S/C22H27N/c1-17(14-15-23)8-7-11-21(22(2,3)4)20-13-12-18-9-5-6-10-19(18)16-20/h5-14,16H,15,23H2,1-4H3/b8-7+,17-14+,21-11-. The van der Waals surface area contributed by atoms with E-state index >= 15 is 0 Å². The zero-order valence-electron chi connectivity index (χ0n) is 14.6. The molecule has 0 saturated carbocycles. The fourth-order valence-corrected chi connectivity index (χ4v) is 2.69. The largest absolute Gasteiger partial charge is 0.327 e. The Morgan fingerprint density at radius 1 is 1.04 bits per heavy atom. The number of hydrogen-bond donors (Lipinski definition) is 1. The van der Waals surface area contributed by atoms with Gasteiger partial charge in [0.05, 0.1) is 0 Å². The summed E-state index contributed by atoms with van der Waals surface area (Å²) in [6, 6.07) is 15.2. The molecule has 2 N–H and O–H groups in total. The molecule has 0 unspecified atom stereocenters. The van der Waals surface area contributed by atoms with E-state index in [1.807, 2.05) is 6.08 Å². The Labute approximate surface area is 140 Å². The van der Waals surface area contributed by atoms with Gasteiger partial charge in [0.15, 0.2) is 0 Å². The van der Waals surface area contributed by atoms with Gasteiger partial charge in [-0.25, -0.2) is 0 Å². The monoisotopic (exact) mass is 305 g/mol. The molecule has 23 heavy (non-hydrogen) atoms. The molecule has 120 valence electrons. The van der Waals surface area contributed by atoms with E-state index in [1.54, 1.807) is 0 Å². The van der Waals surface area contributed by atoms with Crippen LogP contribution in [-0.4, -0.2) is 6.54 Å². The topological polar surface area (TPSA) is 26.0 Å². The number of rotatable bonds is 4. The van der Waals surface area contributed by atoms with Crippen LogP contribution in [0.4, 0.5) is 0 Å². The lowest BCUT2D eigenvalue weighted by Crippen LogP contribution is -2.08. The third-order valence-electron chi connectivity index (χ3n) is 3.93. The number of allylic oxidation sites excluding steroid dienone is 5. The van der Waals surface area contributed by atoms with Gasteiger partial charge < -0.3 is 5.73 Å². The highest BCUT2D eigenvalue weighted by molar-refractivity contribution is 5.87. The van der Waals surface area contributed by atoms with E-state index in [0.29, 0.717) is 6.54 Å². The van der Waals surface area contributed by atoms with Crippen LogP contribution >= 0.6 is 0 Å². The number of fused-ring (bicyclic) bond motifs is 1. The SMILES string of the molecule is CC(/C=C/C=C(/c1ccc2ccccc2c1)C(C)(C)C)=C\CN. The van der Waals surface area contributed by atoms with E-state index in [9.17, 15) is 0 Å². The summed E-state index contributed by atoms with van der Waals surface area (Å²) in [5.41, 5.74) is 9.43. The van der Waals surface area contributed by atoms with Crippen molar-refractivity contribution >= 4 is 16.3 Å². The van der Waals surface area contributed by atoms with E-state index in [0.717, 1.165) is 0 Å². The van der Waals surface area contributed by atoms with Gasteiger partial charge in [-0.15, -0.1) is 0 Å². The molecular formula is C22H27N. The molecule has 0 saturated heterocycles. The second-order valence-corrected chi connectivity index (χ2v) is 6.94. The Balaban J connectivity index is 2.43. The summed E-state index contributed by atoms with van der Waals surface area (Å²) in [6.07, 6.45) is 8.48. The minimum absolute atomic E-state index is 0.0816. The Hall–Kier alpha value is -2.12. The van der Waals surface area contributed by atoms with Gasteiger partial charge >= 0.3 is 0 Å². The van der Waals surface area contributed by atoms with Crippen molar-refractivity contribution in [2.24, 2.45) is 11.1 Å². The Morgan fingerprint density at radius 2 is 1.74 bits per heavy atom. The summed E-state index contributed by atoms with van der Waals surface area (Å²) in [5.74, 6) is 0. The Bertz CT molecular complexity index is 755. The van der Waals surface area contributed by atoms with Crippen molar-refractivity contribution in [3.63, 3.8) is 0 Å². The highest BCUT2D eigenvalue weighted by Crippen LogP contribution is 2.35. The molecule has 1 heteroatoms. The average molecular weight is 305 g/mol. The predicted octanol–water partition coefficient (Wildman–Crippen LogP) is 5.73. The molecule has 0 fully saturated rings. The lowest BCUT2D eigenvalue weighted by atomic mass is 9.81. The molecular weight excluding hydrogens is 278 g/mol. The number of nitrogens with two attached hydrogens (primary N) is 1. The van der Waals surface area contributed by atoms with Crippen LogP contribution in [0.1, 0.15) is 33.3 Å². The minimum Gasteiger partial charge on any atom is -0.327 e. The van der Waals surface area contributed by atoms with Gasteiger partial charge in [0.25, 0.3) is 0 Å². The Morgan fingerprint density at radius 3 is 2.39 bits per heavy atom. The van der Waals surface area contributed by atoms with Crippen LogP contribution in [0.15, 0.2) is 72.3 Å². The molecule has 2 aromatic rings. The molecule has 0 aromatic heterocycles. The number of benzene rings is 2. The first kappa shape index (κ1) is 17.2. The minimum atomic E-state index is 0.0816. The van der Waals surface area contributed by atoms with E-state index in [1.165, 1.54) is 27.5 Å². The second-order valence-electron chi connectivity index (χ2n) is 6.94. The predicted molar refractivity (Wildman–Crippen MR) is 103 cm³/mol. The summed E-state index contributed by atoms with van der Waals surface area (Å²) in [7, 11) is 0. The smallest absolute Gasteiger partial charge is 0.0112 e. The van der Waals surface area contributed by atoms with Crippen LogP contribution in [0.2, 0.25) is 0 Å². The molecule has 0 heterocycles. The zero-order chi connectivity index (χ0) is 16.9. The first-order valence-electron chi connectivity index (χ1n) is 8.16. The van der Waals surface area contributed by atoms with E-state index in [2.05, 4.69) is 88.4 Å². The van der Waals surface area contributed by atoms with Crippen molar-refractivity contribution in [1.29, 1.82) is 0 Å². The molecule has 0 aliphatic rings. The lowest BCUT2D eigenvalue weighted by molar-refractivity contribution is 0.567. The maximum atomic E-state index is 5.55. The highest BCUT2D eigenvalue weighted by atomic mass is 14.5. The van der Waals surface area contributed by atoms with Gasteiger partial charge in [0, 0.05) is 6.54 Å². The first-order chi connectivity index (χ1) is 10.9. The lowest BCUT2D eigenvalue weighted by Gasteiger charge is -2.23. The van der Waals surface area contributed by atoms with Crippen LogP contribution < -0.4 is 5.73 Å². The van der Waals surface area contributed by atoms with Crippen LogP contribution in [0.25, 0.3) is 16.3 Å². The maximum absolute atomic E-state index is 5.55. The van der Waals surface area contributed by atoms with E-state index < -0.39 is 0 Å². The molecule has 0 radical (unpaired) electrons. The normalized spacial score (nSPS) is 14.0. The van der Waals surface area contributed by atoms with Crippen molar-refractivity contribution in [1.82, 2.24) is 0 Å².